The second kappa shape index (κ2) is 11.2. The van der Waals surface area contributed by atoms with Crippen molar-refractivity contribution in [3.63, 3.8) is 0 Å². The van der Waals surface area contributed by atoms with Gasteiger partial charge in [0.1, 0.15) is 6.04 Å². The second-order valence-electron chi connectivity index (χ2n) is 3.56. The van der Waals surface area contributed by atoms with Crippen LogP contribution in [0.4, 0.5) is 0 Å². The van der Waals surface area contributed by atoms with E-state index in [-0.39, 0.29) is 11.4 Å². The fourth-order valence-electron chi connectivity index (χ4n) is 1.17. The van der Waals surface area contributed by atoms with E-state index in [1.54, 1.807) is 12.1 Å². The summed E-state index contributed by atoms with van der Waals surface area (Å²) in [6.07, 6.45) is 0. The van der Waals surface area contributed by atoms with Gasteiger partial charge >= 0.3 is 5.97 Å². The average Bonchev–Trinajstić information content (AvgIpc) is 2.49. The summed E-state index contributed by atoms with van der Waals surface area (Å²) in [5, 5.41) is 8.72. The van der Waals surface area contributed by atoms with Crippen molar-refractivity contribution in [3.8, 4) is 0 Å². The summed E-state index contributed by atoms with van der Waals surface area (Å²) in [4.78, 5) is 10.7. The van der Waals surface area contributed by atoms with E-state index in [0.717, 1.165) is 5.56 Å². The summed E-state index contributed by atoms with van der Waals surface area (Å²) in [6, 6.07) is 4.76. The molecule has 1 rings (SSSR count). The molecule has 0 fully saturated rings. The van der Waals surface area contributed by atoms with Crippen molar-refractivity contribution in [2.75, 3.05) is 6.54 Å². The first-order valence-electron chi connectivity index (χ1n) is 6.88. The van der Waals surface area contributed by atoms with Crippen molar-refractivity contribution in [2.24, 2.45) is 5.73 Å². The van der Waals surface area contributed by atoms with Crippen LogP contribution in [0.1, 0.15) is 33.3 Å². The van der Waals surface area contributed by atoms with Crippen molar-refractivity contribution in [1.82, 2.24) is 4.72 Å². The van der Waals surface area contributed by atoms with E-state index in [0.29, 0.717) is 0 Å². The third kappa shape index (κ3) is 7.79. The molecule has 0 aromatic heterocycles. The zero-order valence-corrected chi connectivity index (χ0v) is 14.1. The molecule has 0 heterocycles. The smallest absolute Gasteiger partial charge is 0.323 e. The highest BCUT2D eigenvalue weighted by atomic mass is 32.2. The largest absolute Gasteiger partial charge is 0.480 e. The molecule has 1 atom stereocenters. The van der Waals surface area contributed by atoms with Crippen molar-refractivity contribution in [1.29, 1.82) is 0 Å². The van der Waals surface area contributed by atoms with Gasteiger partial charge in [-0.1, -0.05) is 45.4 Å². The van der Waals surface area contributed by atoms with Crippen LogP contribution in [-0.4, -0.2) is 32.1 Å². The lowest BCUT2D eigenvalue weighted by Crippen LogP contribution is -2.45. The Bertz CT molecular complexity index is 498. The second-order valence-corrected chi connectivity index (χ2v) is 5.27. The Kier molecular flexibility index (Phi) is 11.7. The Labute approximate surface area is 127 Å². The quantitative estimate of drug-likeness (QED) is 0.766. The molecule has 0 amide bonds. The number of nitrogens with two attached hydrogens (primary N) is 1. The Morgan fingerprint density at radius 2 is 1.62 bits per heavy atom. The number of aryl methyl sites for hydroxylation is 1. The molecule has 0 bridgehead atoms. The van der Waals surface area contributed by atoms with Crippen molar-refractivity contribution in [3.05, 3.63) is 29.8 Å². The highest BCUT2D eigenvalue weighted by Crippen LogP contribution is 2.10. The monoisotopic (exact) mass is 318 g/mol. The maximum Gasteiger partial charge on any atom is 0.323 e. The highest BCUT2D eigenvalue weighted by molar-refractivity contribution is 7.89. The molecule has 4 N–H and O–H groups in total. The highest BCUT2D eigenvalue weighted by Gasteiger charge is 2.23. The van der Waals surface area contributed by atoms with E-state index >= 15 is 0 Å². The zero-order valence-electron chi connectivity index (χ0n) is 13.3. The number of hydrogen-bond acceptors (Lipinski definition) is 4. The lowest BCUT2D eigenvalue weighted by molar-refractivity contribution is -0.138. The number of benzene rings is 1. The van der Waals surface area contributed by atoms with E-state index in [1.807, 2.05) is 39.3 Å². The first-order chi connectivity index (χ1) is 9.86. The van der Waals surface area contributed by atoms with Crippen LogP contribution in [0.15, 0.2) is 29.2 Å². The van der Waals surface area contributed by atoms with Crippen LogP contribution in [0.5, 0.6) is 0 Å². The molecular weight excluding hydrogens is 292 g/mol. The van der Waals surface area contributed by atoms with Gasteiger partial charge in [0.25, 0.3) is 0 Å². The van der Waals surface area contributed by atoms with Crippen LogP contribution in [0.3, 0.4) is 0 Å². The molecule has 0 aliphatic carbocycles. The first kappa shape index (κ1) is 21.9. The van der Waals surface area contributed by atoms with Crippen molar-refractivity contribution in [2.45, 2.75) is 45.6 Å². The standard InChI is InChI=1S/C10H14N2O4S.2C2H6/c1-7-2-4-8(5-3-7)17(15,16)12-9(6-11)10(13)14;2*1-2/h2-5,9,12H,6,11H2,1H3,(H,13,14);2*1-2H3/t9-;;/m0../s1. The van der Waals surface area contributed by atoms with Crippen LogP contribution in [0.2, 0.25) is 0 Å². The summed E-state index contributed by atoms with van der Waals surface area (Å²) >= 11 is 0. The van der Waals surface area contributed by atoms with E-state index in [4.69, 9.17) is 10.8 Å². The van der Waals surface area contributed by atoms with Gasteiger partial charge in [-0.15, -0.1) is 0 Å². The molecule has 122 valence electrons. The van der Waals surface area contributed by atoms with Crippen LogP contribution >= 0.6 is 0 Å². The lowest BCUT2D eigenvalue weighted by atomic mass is 10.2. The van der Waals surface area contributed by atoms with E-state index in [2.05, 4.69) is 0 Å². The molecule has 0 unspecified atom stereocenters. The molecule has 0 aliphatic heterocycles. The van der Waals surface area contributed by atoms with Gasteiger partial charge in [0.2, 0.25) is 10.0 Å². The number of hydrogen-bond donors (Lipinski definition) is 3. The molecule has 21 heavy (non-hydrogen) atoms. The maximum absolute atomic E-state index is 11.8. The molecule has 0 saturated carbocycles. The van der Waals surface area contributed by atoms with Gasteiger partial charge in [-0.3, -0.25) is 4.79 Å². The molecule has 0 spiro atoms. The molecule has 6 nitrogen and oxygen atoms in total. The minimum Gasteiger partial charge on any atom is -0.480 e. The lowest BCUT2D eigenvalue weighted by Gasteiger charge is -2.12. The van der Waals surface area contributed by atoms with Crippen LogP contribution in [-0.2, 0) is 14.8 Å². The average molecular weight is 318 g/mol. The Hall–Kier alpha value is -1.44. The van der Waals surface area contributed by atoms with Gasteiger partial charge < -0.3 is 10.8 Å². The number of carboxylic acids is 1. The fraction of sp³-hybridized carbons (Fsp3) is 0.500. The van der Waals surface area contributed by atoms with Gasteiger partial charge in [-0.05, 0) is 19.1 Å². The summed E-state index contributed by atoms with van der Waals surface area (Å²) < 4.78 is 25.6. The molecule has 0 saturated heterocycles. The summed E-state index contributed by atoms with van der Waals surface area (Å²) in [5.74, 6) is -1.30. The normalized spacial score (nSPS) is 11.3. The third-order valence-corrected chi connectivity index (χ3v) is 3.65. The fourth-order valence-corrected chi connectivity index (χ4v) is 2.37. The van der Waals surface area contributed by atoms with Gasteiger partial charge in [0, 0.05) is 6.54 Å². The molecular formula is C14H26N2O4S. The molecule has 1 aromatic carbocycles. The summed E-state index contributed by atoms with van der Waals surface area (Å²) in [6.45, 7) is 9.52. The molecule has 7 heteroatoms. The molecule has 0 aliphatic rings. The Balaban J connectivity index is 0. The Morgan fingerprint density at radius 1 is 1.19 bits per heavy atom. The van der Waals surface area contributed by atoms with Crippen LogP contribution in [0.25, 0.3) is 0 Å². The molecule has 0 radical (unpaired) electrons. The van der Waals surface area contributed by atoms with Crippen molar-refractivity contribution >= 4 is 16.0 Å². The third-order valence-electron chi connectivity index (χ3n) is 2.16. The van der Waals surface area contributed by atoms with E-state index in [9.17, 15) is 13.2 Å². The van der Waals surface area contributed by atoms with E-state index < -0.39 is 22.0 Å². The summed E-state index contributed by atoms with van der Waals surface area (Å²) in [7, 11) is -3.84. The number of carbonyl (C=O) groups is 1. The predicted molar refractivity (Wildman–Crippen MR) is 84.7 cm³/mol. The number of nitrogens with one attached hydrogen (secondary N) is 1. The Morgan fingerprint density at radius 3 is 1.95 bits per heavy atom. The van der Waals surface area contributed by atoms with Gasteiger partial charge in [-0.25, -0.2) is 8.42 Å². The van der Waals surface area contributed by atoms with Crippen LogP contribution in [0, 0.1) is 6.92 Å². The van der Waals surface area contributed by atoms with Crippen LogP contribution < -0.4 is 10.5 Å². The van der Waals surface area contributed by atoms with E-state index in [1.165, 1.54) is 12.1 Å². The number of carboxylic acid groups (broad SMARTS) is 1. The predicted octanol–water partition coefficient (Wildman–Crippen LogP) is 1.74. The molecule has 1 aromatic rings. The topological polar surface area (TPSA) is 109 Å². The van der Waals surface area contributed by atoms with Gasteiger partial charge in [-0.2, -0.15) is 4.72 Å². The maximum atomic E-state index is 11.8. The van der Waals surface area contributed by atoms with Gasteiger partial charge in [0.15, 0.2) is 0 Å². The van der Waals surface area contributed by atoms with Crippen molar-refractivity contribution < 1.29 is 18.3 Å². The minimum atomic E-state index is -3.84. The van der Waals surface area contributed by atoms with Gasteiger partial charge in [0.05, 0.1) is 4.90 Å². The number of aliphatic carboxylic acids is 1. The number of sulfonamides is 1. The zero-order chi connectivity index (χ0) is 17.1. The summed E-state index contributed by atoms with van der Waals surface area (Å²) in [5.41, 5.74) is 6.09. The number of rotatable bonds is 5. The minimum absolute atomic E-state index is 0.0165. The SMILES string of the molecule is CC.CC.Cc1ccc(S(=O)(=O)N[C@@H](CN)C(=O)O)cc1. The first-order valence-corrected chi connectivity index (χ1v) is 8.37.